The summed E-state index contributed by atoms with van der Waals surface area (Å²) in [5.41, 5.74) is 13.5. The number of carbonyl (C=O) groups excluding carboxylic acids is 1. The number of aliphatic hydroxyl groups is 2. The van der Waals surface area contributed by atoms with Crippen LogP contribution in [0.5, 0.6) is 5.75 Å². The number of anilines is 1. The fourth-order valence-electron chi connectivity index (χ4n) is 3.74. The second-order valence-corrected chi connectivity index (χ2v) is 7.51. The highest BCUT2D eigenvalue weighted by molar-refractivity contribution is 5.82. The Hall–Kier alpha value is -3.32. The minimum absolute atomic E-state index is 0.189. The second kappa shape index (κ2) is 9.04. The molecule has 4 rings (SSSR count). The molecule has 170 valence electrons. The number of nitrogens with one attached hydrogen (secondary N) is 1. The van der Waals surface area contributed by atoms with Gasteiger partial charge in [-0.05, 0) is 24.1 Å². The SMILES string of the molecule is COc1ccc(C[C@H](N)C(=O)N[C@H]2[C@@H](O)[C@H](n3cnc4c(N)ncnc43)O[C@@H]2CO)cc1. The number of hydrogen-bond donors (Lipinski definition) is 5. The zero-order chi connectivity index (χ0) is 22.8. The first kappa shape index (κ1) is 21.9. The third-order valence-corrected chi connectivity index (χ3v) is 5.48. The number of benzene rings is 1. The lowest BCUT2D eigenvalue weighted by atomic mass is 10.0. The molecule has 32 heavy (non-hydrogen) atoms. The van der Waals surface area contributed by atoms with Crippen LogP contribution in [0.4, 0.5) is 5.82 Å². The molecule has 1 fully saturated rings. The first-order valence-electron chi connectivity index (χ1n) is 9.99. The summed E-state index contributed by atoms with van der Waals surface area (Å²) in [7, 11) is 1.57. The molecule has 2 aromatic heterocycles. The van der Waals surface area contributed by atoms with E-state index in [9.17, 15) is 15.0 Å². The summed E-state index contributed by atoms with van der Waals surface area (Å²) >= 11 is 0. The maximum atomic E-state index is 12.7. The monoisotopic (exact) mass is 443 g/mol. The van der Waals surface area contributed by atoms with Crippen molar-refractivity contribution in [2.45, 2.75) is 36.9 Å². The quantitative estimate of drug-likeness (QED) is 0.295. The average molecular weight is 443 g/mol. The van der Waals surface area contributed by atoms with Crippen molar-refractivity contribution in [1.29, 1.82) is 0 Å². The van der Waals surface area contributed by atoms with Gasteiger partial charge in [-0.3, -0.25) is 9.36 Å². The van der Waals surface area contributed by atoms with Crippen LogP contribution in [0, 0.1) is 0 Å². The van der Waals surface area contributed by atoms with Crippen LogP contribution in [0.2, 0.25) is 0 Å². The molecule has 3 aromatic rings. The Morgan fingerprint density at radius 3 is 2.75 bits per heavy atom. The number of hydrogen-bond acceptors (Lipinski definition) is 10. The van der Waals surface area contributed by atoms with Crippen molar-refractivity contribution in [3.05, 3.63) is 42.5 Å². The predicted octanol–water partition coefficient (Wildman–Crippen LogP) is -1.28. The largest absolute Gasteiger partial charge is 0.497 e. The summed E-state index contributed by atoms with van der Waals surface area (Å²) in [6.45, 7) is -0.421. The Morgan fingerprint density at radius 1 is 1.31 bits per heavy atom. The van der Waals surface area contributed by atoms with E-state index < -0.39 is 43.0 Å². The molecule has 7 N–H and O–H groups in total. The molecule has 1 aromatic carbocycles. The number of imidazole rings is 1. The van der Waals surface area contributed by atoms with Gasteiger partial charge in [-0.1, -0.05) is 12.1 Å². The molecule has 1 saturated heterocycles. The van der Waals surface area contributed by atoms with E-state index in [4.69, 9.17) is 20.9 Å². The van der Waals surface area contributed by atoms with E-state index in [1.54, 1.807) is 19.2 Å². The molecule has 0 spiro atoms. The molecule has 3 heterocycles. The number of rotatable bonds is 7. The highest BCUT2D eigenvalue weighted by Crippen LogP contribution is 2.32. The van der Waals surface area contributed by atoms with Crippen molar-refractivity contribution >= 4 is 22.9 Å². The summed E-state index contributed by atoms with van der Waals surface area (Å²) < 4.78 is 12.4. The molecule has 0 radical (unpaired) electrons. The molecule has 1 aliphatic heterocycles. The number of aliphatic hydroxyl groups excluding tert-OH is 2. The number of aromatic nitrogens is 4. The number of methoxy groups -OCH3 is 1. The zero-order valence-electron chi connectivity index (χ0n) is 17.3. The van der Waals surface area contributed by atoms with Gasteiger partial charge in [-0.2, -0.15) is 0 Å². The first-order valence-corrected chi connectivity index (χ1v) is 9.99. The first-order chi connectivity index (χ1) is 15.4. The molecular formula is C20H25N7O5. The molecule has 0 unspecified atom stereocenters. The van der Waals surface area contributed by atoms with Crippen LogP contribution in [-0.4, -0.2) is 73.6 Å². The van der Waals surface area contributed by atoms with Gasteiger partial charge in [-0.25, -0.2) is 15.0 Å². The van der Waals surface area contributed by atoms with Gasteiger partial charge in [0.1, 0.15) is 29.8 Å². The zero-order valence-corrected chi connectivity index (χ0v) is 17.3. The summed E-state index contributed by atoms with van der Waals surface area (Å²) in [4.78, 5) is 24.9. The van der Waals surface area contributed by atoms with Gasteiger partial charge >= 0.3 is 0 Å². The van der Waals surface area contributed by atoms with Gasteiger partial charge in [0.05, 0.1) is 32.1 Å². The van der Waals surface area contributed by atoms with Gasteiger partial charge in [0.15, 0.2) is 17.7 Å². The Bertz CT molecular complexity index is 1090. The van der Waals surface area contributed by atoms with Gasteiger partial charge in [0.2, 0.25) is 5.91 Å². The van der Waals surface area contributed by atoms with E-state index in [1.165, 1.54) is 17.2 Å². The minimum Gasteiger partial charge on any atom is -0.497 e. The number of carbonyl (C=O) groups is 1. The number of nitrogens with zero attached hydrogens (tertiary/aromatic N) is 4. The van der Waals surface area contributed by atoms with Crippen LogP contribution in [0.25, 0.3) is 11.2 Å². The normalized spacial score (nSPS) is 23.9. The Kier molecular flexibility index (Phi) is 6.19. The maximum Gasteiger partial charge on any atom is 0.237 e. The number of fused-ring (bicyclic) bond motifs is 1. The van der Waals surface area contributed by atoms with Crippen molar-refractivity contribution in [3.8, 4) is 5.75 Å². The van der Waals surface area contributed by atoms with Crippen molar-refractivity contribution in [2.24, 2.45) is 5.73 Å². The third kappa shape index (κ3) is 4.08. The second-order valence-electron chi connectivity index (χ2n) is 7.51. The van der Waals surface area contributed by atoms with E-state index >= 15 is 0 Å². The Balaban J connectivity index is 1.47. The molecule has 0 aliphatic carbocycles. The van der Waals surface area contributed by atoms with Gasteiger partial charge in [0, 0.05) is 0 Å². The number of nitrogens with two attached hydrogens (primary N) is 2. The molecule has 12 nitrogen and oxygen atoms in total. The van der Waals surface area contributed by atoms with Crippen molar-refractivity contribution < 1.29 is 24.5 Å². The van der Waals surface area contributed by atoms with Crippen LogP contribution in [-0.2, 0) is 16.0 Å². The van der Waals surface area contributed by atoms with E-state index in [-0.39, 0.29) is 12.2 Å². The lowest BCUT2D eigenvalue weighted by Gasteiger charge is -2.23. The van der Waals surface area contributed by atoms with E-state index in [0.29, 0.717) is 16.9 Å². The van der Waals surface area contributed by atoms with Crippen LogP contribution < -0.4 is 21.5 Å². The smallest absolute Gasteiger partial charge is 0.237 e. The average Bonchev–Trinajstić information content (AvgIpc) is 3.36. The van der Waals surface area contributed by atoms with Crippen LogP contribution in [0.3, 0.4) is 0 Å². The van der Waals surface area contributed by atoms with Crippen LogP contribution in [0.1, 0.15) is 11.8 Å². The minimum atomic E-state index is -1.20. The molecule has 0 saturated carbocycles. The molecule has 1 aliphatic rings. The van der Waals surface area contributed by atoms with Crippen molar-refractivity contribution in [3.63, 3.8) is 0 Å². The summed E-state index contributed by atoms with van der Waals surface area (Å²) in [6, 6.07) is 5.46. The fraction of sp³-hybridized carbons (Fsp3) is 0.400. The molecular weight excluding hydrogens is 418 g/mol. The van der Waals surface area contributed by atoms with Gasteiger partial charge < -0.3 is 36.5 Å². The highest BCUT2D eigenvalue weighted by atomic mass is 16.5. The van der Waals surface area contributed by atoms with Crippen LogP contribution >= 0.6 is 0 Å². The summed E-state index contributed by atoms with van der Waals surface area (Å²) in [5.74, 6) is 0.415. The summed E-state index contributed by atoms with van der Waals surface area (Å²) in [5, 5.41) is 23.4. The van der Waals surface area contributed by atoms with Crippen LogP contribution in [0.15, 0.2) is 36.9 Å². The summed E-state index contributed by atoms with van der Waals surface area (Å²) in [6.07, 6.45) is -0.0265. The third-order valence-electron chi connectivity index (χ3n) is 5.48. The standard InChI is InChI=1S/C20H25N7O5/c1-31-11-4-2-10(3-5-11)6-12(21)19(30)26-14-13(7-28)32-20(16(14)29)27-9-25-15-17(22)23-8-24-18(15)27/h2-5,8-9,12-14,16,20,28-29H,6-7,21H2,1H3,(H,26,30)(H2,22,23,24)/t12-,13+,14+,16+,20+/m0/s1. The Morgan fingerprint density at radius 2 is 2.06 bits per heavy atom. The molecule has 0 bridgehead atoms. The highest BCUT2D eigenvalue weighted by Gasteiger charge is 2.46. The lowest BCUT2D eigenvalue weighted by Crippen LogP contribution is -2.53. The maximum absolute atomic E-state index is 12.7. The molecule has 5 atom stereocenters. The predicted molar refractivity (Wildman–Crippen MR) is 113 cm³/mol. The number of nitrogen functional groups attached to an aromatic ring is 1. The van der Waals surface area contributed by atoms with Gasteiger partial charge in [0.25, 0.3) is 0 Å². The van der Waals surface area contributed by atoms with E-state index in [2.05, 4.69) is 20.3 Å². The van der Waals surface area contributed by atoms with E-state index in [1.807, 2.05) is 12.1 Å². The molecule has 12 heteroatoms. The number of ether oxygens (including phenoxy) is 2. The fourth-order valence-corrected chi connectivity index (χ4v) is 3.74. The van der Waals surface area contributed by atoms with Crippen molar-refractivity contribution in [1.82, 2.24) is 24.8 Å². The molecule has 1 amide bonds. The number of amides is 1. The lowest BCUT2D eigenvalue weighted by molar-refractivity contribution is -0.124. The van der Waals surface area contributed by atoms with Crippen molar-refractivity contribution in [2.75, 3.05) is 19.5 Å². The topological polar surface area (TPSA) is 184 Å². The van der Waals surface area contributed by atoms with E-state index in [0.717, 1.165) is 5.56 Å². The van der Waals surface area contributed by atoms with Gasteiger partial charge in [-0.15, -0.1) is 0 Å². The Labute approximate surface area is 183 Å².